The van der Waals surface area contributed by atoms with Crippen LogP contribution in [0.5, 0.6) is 5.75 Å². The van der Waals surface area contributed by atoms with Crippen molar-refractivity contribution in [1.82, 2.24) is 0 Å². The van der Waals surface area contributed by atoms with Crippen molar-refractivity contribution in [1.29, 1.82) is 0 Å². The lowest BCUT2D eigenvalue weighted by Gasteiger charge is -2.28. The maximum atomic E-state index is 9.81. The van der Waals surface area contributed by atoms with Crippen LogP contribution in [0.25, 0.3) is 0 Å². The summed E-state index contributed by atoms with van der Waals surface area (Å²) in [5, 5.41) is 18.6. The zero-order valence-corrected chi connectivity index (χ0v) is 10.0. The number of aliphatic hydroxyl groups excluding tert-OH is 2. The van der Waals surface area contributed by atoms with E-state index in [9.17, 15) is 5.11 Å². The Labute approximate surface area is 102 Å². The van der Waals surface area contributed by atoms with Crippen molar-refractivity contribution in [2.24, 2.45) is 0 Å². The Morgan fingerprint density at radius 3 is 2.47 bits per heavy atom. The molecule has 1 aliphatic rings. The van der Waals surface area contributed by atoms with Crippen molar-refractivity contribution in [2.75, 3.05) is 6.61 Å². The van der Waals surface area contributed by atoms with Crippen LogP contribution in [0.15, 0.2) is 24.3 Å². The summed E-state index contributed by atoms with van der Waals surface area (Å²) in [6.07, 6.45) is 4.27. The molecule has 0 spiro atoms. The molecule has 0 aliphatic heterocycles. The van der Waals surface area contributed by atoms with Crippen LogP contribution in [0.3, 0.4) is 0 Å². The summed E-state index contributed by atoms with van der Waals surface area (Å²) in [4.78, 5) is 0. The van der Waals surface area contributed by atoms with Gasteiger partial charge in [0.15, 0.2) is 0 Å². The van der Waals surface area contributed by atoms with E-state index >= 15 is 0 Å². The van der Waals surface area contributed by atoms with Crippen LogP contribution in [0, 0.1) is 0 Å². The number of aliphatic hydroxyl groups is 2. The van der Waals surface area contributed by atoms with E-state index in [1.165, 1.54) is 0 Å². The van der Waals surface area contributed by atoms with Gasteiger partial charge < -0.3 is 14.9 Å². The first kappa shape index (κ1) is 12.4. The molecule has 0 saturated heterocycles. The maximum absolute atomic E-state index is 9.81. The molecular weight excluding hydrogens is 216 g/mol. The van der Waals surface area contributed by atoms with Gasteiger partial charge in [0.1, 0.15) is 11.9 Å². The molecule has 0 heterocycles. The lowest BCUT2D eigenvalue weighted by molar-refractivity contribution is 0.00687. The molecule has 1 aromatic rings. The number of benzene rings is 1. The van der Waals surface area contributed by atoms with Gasteiger partial charge >= 0.3 is 0 Å². The predicted octanol–water partition coefficient (Wildman–Crippen LogP) is 1.90. The fraction of sp³-hybridized carbons (Fsp3) is 0.571. The summed E-state index contributed by atoms with van der Waals surface area (Å²) in [5.74, 6) is 0.803. The van der Waals surface area contributed by atoms with Gasteiger partial charge in [-0.15, -0.1) is 0 Å². The Hall–Kier alpha value is -1.06. The molecule has 2 atom stereocenters. The molecule has 1 aliphatic carbocycles. The van der Waals surface area contributed by atoms with Crippen LogP contribution in [-0.2, 0) is 6.42 Å². The van der Waals surface area contributed by atoms with Crippen LogP contribution in [0.1, 0.15) is 31.2 Å². The highest BCUT2D eigenvalue weighted by Crippen LogP contribution is 2.24. The third kappa shape index (κ3) is 3.45. The number of hydrogen-bond donors (Lipinski definition) is 2. The molecule has 1 aromatic carbocycles. The van der Waals surface area contributed by atoms with Gasteiger partial charge in [-0.25, -0.2) is 0 Å². The third-order valence-corrected chi connectivity index (χ3v) is 3.28. The number of hydrogen-bond acceptors (Lipinski definition) is 3. The molecule has 1 fully saturated rings. The van der Waals surface area contributed by atoms with Crippen LogP contribution >= 0.6 is 0 Å². The SMILES string of the molecule is OCCc1ccc(O[C@@H]2CCCC[C@H]2O)cc1. The van der Waals surface area contributed by atoms with Gasteiger partial charge in [-0.05, 0) is 43.4 Å². The van der Waals surface area contributed by atoms with Crippen molar-refractivity contribution in [2.45, 2.75) is 44.3 Å². The van der Waals surface area contributed by atoms with Gasteiger partial charge in [-0.1, -0.05) is 18.6 Å². The molecule has 3 nitrogen and oxygen atoms in total. The average molecular weight is 236 g/mol. The second kappa shape index (κ2) is 6.03. The van der Waals surface area contributed by atoms with Crippen LogP contribution in [-0.4, -0.2) is 29.0 Å². The van der Waals surface area contributed by atoms with Crippen molar-refractivity contribution in [3.63, 3.8) is 0 Å². The zero-order valence-electron chi connectivity index (χ0n) is 10.0. The minimum atomic E-state index is -0.333. The quantitative estimate of drug-likeness (QED) is 0.839. The van der Waals surface area contributed by atoms with E-state index in [1.54, 1.807) is 0 Å². The Bertz CT molecular complexity index is 334. The molecule has 0 amide bonds. The van der Waals surface area contributed by atoms with Crippen molar-refractivity contribution < 1.29 is 14.9 Å². The Morgan fingerprint density at radius 2 is 1.82 bits per heavy atom. The third-order valence-electron chi connectivity index (χ3n) is 3.28. The molecule has 3 heteroatoms. The van der Waals surface area contributed by atoms with E-state index in [2.05, 4.69) is 0 Å². The summed E-state index contributed by atoms with van der Waals surface area (Å²) < 4.78 is 5.79. The van der Waals surface area contributed by atoms with Gasteiger partial charge in [0.2, 0.25) is 0 Å². The van der Waals surface area contributed by atoms with Gasteiger partial charge in [0.25, 0.3) is 0 Å². The summed E-state index contributed by atoms with van der Waals surface area (Å²) in [6.45, 7) is 0.168. The minimum absolute atomic E-state index is 0.0626. The van der Waals surface area contributed by atoms with Crippen LogP contribution in [0.2, 0.25) is 0 Å². The summed E-state index contributed by atoms with van der Waals surface area (Å²) in [6, 6.07) is 7.74. The van der Waals surface area contributed by atoms with E-state index in [1.807, 2.05) is 24.3 Å². The fourth-order valence-electron chi connectivity index (χ4n) is 2.25. The Balaban J connectivity index is 1.93. The standard InChI is InChI=1S/C14H20O3/c15-10-9-11-5-7-12(8-6-11)17-14-4-2-1-3-13(14)16/h5-8,13-16H,1-4,9-10H2/t13-,14-/m1/s1. The highest BCUT2D eigenvalue weighted by Gasteiger charge is 2.24. The Morgan fingerprint density at radius 1 is 1.12 bits per heavy atom. The second-order valence-corrected chi connectivity index (χ2v) is 4.63. The van der Waals surface area contributed by atoms with Gasteiger partial charge in [0.05, 0.1) is 6.10 Å². The molecule has 0 radical (unpaired) electrons. The molecular formula is C14H20O3. The molecule has 1 saturated carbocycles. The average Bonchev–Trinajstić information content (AvgIpc) is 2.35. The normalized spacial score (nSPS) is 24.6. The molecule has 0 aromatic heterocycles. The van der Waals surface area contributed by atoms with Gasteiger partial charge in [0, 0.05) is 6.61 Å². The molecule has 94 valence electrons. The summed E-state index contributed by atoms with van der Waals surface area (Å²) in [5.41, 5.74) is 1.10. The first-order valence-electron chi connectivity index (χ1n) is 6.34. The van der Waals surface area contributed by atoms with Crippen molar-refractivity contribution in [3.05, 3.63) is 29.8 Å². The Kier molecular flexibility index (Phi) is 4.40. The highest BCUT2D eigenvalue weighted by molar-refractivity contribution is 5.27. The lowest BCUT2D eigenvalue weighted by Crippen LogP contribution is -2.34. The number of ether oxygens (including phenoxy) is 1. The number of rotatable bonds is 4. The summed E-state index contributed by atoms with van der Waals surface area (Å²) in [7, 11) is 0. The van der Waals surface area contributed by atoms with Gasteiger partial charge in [-0.2, -0.15) is 0 Å². The first-order chi connectivity index (χ1) is 8.29. The smallest absolute Gasteiger partial charge is 0.124 e. The molecule has 0 bridgehead atoms. The van der Waals surface area contributed by atoms with E-state index in [0.29, 0.717) is 6.42 Å². The maximum Gasteiger partial charge on any atom is 0.124 e. The van der Waals surface area contributed by atoms with Crippen LogP contribution in [0.4, 0.5) is 0 Å². The van der Waals surface area contributed by atoms with Crippen molar-refractivity contribution >= 4 is 0 Å². The highest BCUT2D eigenvalue weighted by atomic mass is 16.5. The predicted molar refractivity (Wildman–Crippen MR) is 66.1 cm³/mol. The lowest BCUT2D eigenvalue weighted by atomic mass is 9.95. The van der Waals surface area contributed by atoms with E-state index in [-0.39, 0.29) is 18.8 Å². The second-order valence-electron chi connectivity index (χ2n) is 4.63. The largest absolute Gasteiger partial charge is 0.488 e. The molecule has 2 N–H and O–H groups in total. The van der Waals surface area contributed by atoms with E-state index < -0.39 is 0 Å². The van der Waals surface area contributed by atoms with Crippen molar-refractivity contribution in [3.8, 4) is 5.75 Å². The topological polar surface area (TPSA) is 49.7 Å². The fourth-order valence-corrected chi connectivity index (χ4v) is 2.25. The molecule has 0 unspecified atom stereocenters. The monoisotopic (exact) mass is 236 g/mol. The first-order valence-corrected chi connectivity index (χ1v) is 6.34. The molecule has 17 heavy (non-hydrogen) atoms. The summed E-state index contributed by atoms with van der Waals surface area (Å²) >= 11 is 0. The zero-order chi connectivity index (χ0) is 12.1. The van der Waals surface area contributed by atoms with E-state index in [0.717, 1.165) is 37.0 Å². The van der Waals surface area contributed by atoms with E-state index in [4.69, 9.17) is 9.84 Å². The van der Waals surface area contributed by atoms with Crippen LogP contribution < -0.4 is 4.74 Å². The molecule has 2 rings (SSSR count). The van der Waals surface area contributed by atoms with Gasteiger partial charge in [-0.3, -0.25) is 0 Å². The minimum Gasteiger partial charge on any atom is -0.488 e.